The minimum atomic E-state index is -0.501. The molecule has 0 atom stereocenters. The molecular weight excluding hydrogens is 715 g/mol. The lowest BCUT2D eigenvalue weighted by Crippen LogP contribution is -2.28. The fraction of sp³-hybridized carbons (Fsp3) is 0.0175. The highest BCUT2D eigenvalue weighted by molar-refractivity contribution is 6.19. The molecular formula is C57H37NO. The van der Waals surface area contributed by atoms with Crippen LogP contribution in [0.5, 0.6) is 0 Å². The fourth-order valence-corrected chi connectivity index (χ4v) is 9.92. The van der Waals surface area contributed by atoms with Crippen molar-refractivity contribution in [2.24, 2.45) is 0 Å². The summed E-state index contributed by atoms with van der Waals surface area (Å²) >= 11 is 0. The second-order valence-corrected chi connectivity index (χ2v) is 15.6. The van der Waals surface area contributed by atoms with Crippen LogP contribution in [0.4, 0.5) is 17.1 Å². The monoisotopic (exact) mass is 751 g/mol. The Kier molecular flexibility index (Phi) is 7.48. The maximum absolute atomic E-state index is 6.93. The number of hydrogen-bond donors (Lipinski definition) is 0. The van der Waals surface area contributed by atoms with Crippen LogP contribution in [0.3, 0.4) is 0 Å². The van der Waals surface area contributed by atoms with Gasteiger partial charge in [-0.25, -0.2) is 0 Å². The summed E-state index contributed by atoms with van der Waals surface area (Å²) in [5.41, 5.74) is 14.5. The van der Waals surface area contributed by atoms with Gasteiger partial charge in [0.2, 0.25) is 0 Å². The molecule has 1 aliphatic rings. The highest BCUT2D eigenvalue weighted by Gasteiger charge is 2.46. The molecule has 0 saturated carbocycles. The minimum Gasteiger partial charge on any atom is -0.455 e. The van der Waals surface area contributed by atoms with Gasteiger partial charge in [0.05, 0.1) is 5.41 Å². The van der Waals surface area contributed by atoms with E-state index in [1.807, 2.05) is 0 Å². The van der Waals surface area contributed by atoms with Crippen LogP contribution in [-0.4, -0.2) is 0 Å². The van der Waals surface area contributed by atoms with Crippen molar-refractivity contribution in [2.75, 3.05) is 4.90 Å². The standard InChI is InChI=1S/C57H37NO/c1-4-18-41(19-5-1)57(42-20-6-2-7-21-42)53-27-15-14-25-47(53)48-32-30-44(35-54(48)57)58(43-22-8-3-9-23-43)45-31-33-49-52-37-51(40-29-28-38-16-10-11-17-39(38)34-40)46-24-12-13-26-50(46)56(52)59-55(49)36-45/h1-37H. The molecule has 0 N–H and O–H groups in total. The van der Waals surface area contributed by atoms with E-state index in [1.165, 1.54) is 60.7 Å². The van der Waals surface area contributed by atoms with Gasteiger partial charge in [0.1, 0.15) is 11.2 Å². The van der Waals surface area contributed by atoms with E-state index in [9.17, 15) is 0 Å². The van der Waals surface area contributed by atoms with Gasteiger partial charge in [0.25, 0.3) is 0 Å². The van der Waals surface area contributed by atoms with E-state index >= 15 is 0 Å². The molecule has 1 aromatic heterocycles. The first-order chi connectivity index (χ1) is 29.3. The van der Waals surface area contributed by atoms with Gasteiger partial charge in [0.15, 0.2) is 0 Å². The van der Waals surface area contributed by atoms with Gasteiger partial charge in [-0.15, -0.1) is 0 Å². The molecule has 0 fully saturated rings. The van der Waals surface area contributed by atoms with Gasteiger partial charge in [0, 0.05) is 39.3 Å². The third-order valence-electron chi connectivity index (χ3n) is 12.5. The summed E-state index contributed by atoms with van der Waals surface area (Å²) in [5, 5.41) is 6.98. The fourth-order valence-electron chi connectivity index (χ4n) is 9.92. The van der Waals surface area contributed by atoms with Gasteiger partial charge in [-0.1, -0.05) is 170 Å². The first-order valence-electron chi connectivity index (χ1n) is 20.3. The molecule has 12 rings (SSSR count). The zero-order valence-electron chi connectivity index (χ0n) is 32.2. The van der Waals surface area contributed by atoms with Crippen molar-refractivity contribution >= 4 is 60.5 Å². The topological polar surface area (TPSA) is 16.4 Å². The zero-order chi connectivity index (χ0) is 38.9. The summed E-state index contributed by atoms with van der Waals surface area (Å²) in [6.45, 7) is 0. The Morgan fingerprint density at radius 2 is 0.949 bits per heavy atom. The van der Waals surface area contributed by atoms with Crippen LogP contribution in [-0.2, 0) is 5.41 Å². The first kappa shape index (κ1) is 33.5. The molecule has 0 radical (unpaired) electrons. The summed E-state index contributed by atoms with van der Waals surface area (Å²) in [6.07, 6.45) is 0. The molecule has 0 saturated heterocycles. The molecule has 2 heteroatoms. The maximum atomic E-state index is 6.93. The molecule has 1 aliphatic carbocycles. The number of benzene rings is 10. The molecule has 276 valence electrons. The Hall–Kier alpha value is -7.68. The van der Waals surface area contributed by atoms with Crippen molar-refractivity contribution in [2.45, 2.75) is 5.41 Å². The van der Waals surface area contributed by atoms with Crippen LogP contribution in [0.1, 0.15) is 22.3 Å². The molecule has 0 bridgehead atoms. The van der Waals surface area contributed by atoms with Gasteiger partial charge in [-0.05, 0) is 109 Å². The van der Waals surface area contributed by atoms with Crippen molar-refractivity contribution in [3.63, 3.8) is 0 Å². The smallest absolute Gasteiger partial charge is 0.143 e. The van der Waals surface area contributed by atoms with E-state index in [0.29, 0.717) is 0 Å². The summed E-state index contributed by atoms with van der Waals surface area (Å²) < 4.78 is 6.93. The number of hydrogen-bond acceptors (Lipinski definition) is 2. The molecule has 0 aliphatic heterocycles. The normalized spacial score (nSPS) is 12.9. The Morgan fingerprint density at radius 1 is 0.339 bits per heavy atom. The average molecular weight is 752 g/mol. The van der Waals surface area contributed by atoms with Crippen molar-refractivity contribution < 1.29 is 4.42 Å². The Morgan fingerprint density at radius 3 is 1.73 bits per heavy atom. The predicted molar refractivity (Wildman–Crippen MR) is 246 cm³/mol. The molecule has 0 amide bonds. The van der Waals surface area contributed by atoms with E-state index < -0.39 is 5.41 Å². The Labute approximate surface area is 342 Å². The van der Waals surface area contributed by atoms with Gasteiger partial charge < -0.3 is 9.32 Å². The van der Waals surface area contributed by atoms with Crippen LogP contribution in [0, 0.1) is 0 Å². The second-order valence-electron chi connectivity index (χ2n) is 15.6. The van der Waals surface area contributed by atoms with Crippen LogP contribution in [0.2, 0.25) is 0 Å². The number of anilines is 3. The third kappa shape index (κ3) is 5.06. The average Bonchev–Trinajstić information content (AvgIpc) is 3.83. The predicted octanol–water partition coefficient (Wildman–Crippen LogP) is 15.4. The van der Waals surface area contributed by atoms with Gasteiger partial charge in [-0.3, -0.25) is 0 Å². The van der Waals surface area contributed by atoms with E-state index in [2.05, 4.69) is 229 Å². The number of fused-ring (bicyclic) bond motifs is 9. The third-order valence-corrected chi connectivity index (χ3v) is 12.5. The van der Waals surface area contributed by atoms with Crippen LogP contribution >= 0.6 is 0 Å². The zero-order valence-corrected chi connectivity index (χ0v) is 32.2. The molecule has 0 unspecified atom stereocenters. The Bertz CT molecular complexity index is 3340. The molecule has 10 aromatic carbocycles. The van der Waals surface area contributed by atoms with Gasteiger partial charge >= 0.3 is 0 Å². The van der Waals surface area contributed by atoms with Crippen LogP contribution in [0.25, 0.3) is 65.7 Å². The van der Waals surface area contributed by atoms with Crippen molar-refractivity contribution in [3.8, 4) is 22.3 Å². The molecule has 59 heavy (non-hydrogen) atoms. The van der Waals surface area contributed by atoms with Crippen LogP contribution in [0.15, 0.2) is 229 Å². The number of rotatable bonds is 6. The molecule has 0 spiro atoms. The lowest BCUT2D eigenvalue weighted by Gasteiger charge is -2.35. The number of nitrogens with zero attached hydrogens (tertiary/aromatic N) is 1. The number of furan rings is 1. The summed E-state index contributed by atoms with van der Waals surface area (Å²) in [6, 6.07) is 81.7. The highest BCUT2D eigenvalue weighted by Crippen LogP contribution is 2.57. The molecule has 11 aromatic rings. The number of para-hydroxylation sites is 1. The van der Waals surface area contributed by atoms with Crippen molar-refractivity contribution in [1.29, 1.82) is 0 Å². The van der Waals surface area contributed by atoms with Crippen LogP contribution < -0.4 is 4.90 Å². The Balaban J connectivity index is 1.07. The molecule has 2 nitrogen and oxygen atoms in total. The lowest BCUT2D eigenvalue weighted by molar-refractivity contribution is 0.673. The van der Waals surface area contributed by atoms with E-state index in [1.54, 1.807) is 0 Å². The van der Waals surface area contributed by atoms with E-state index in [-0.39, 0.29) is 0 Å². The second kappa shape index (κ2) is 13.2. The highest BCUT2D eigenvalue weighted by atomic mass is 16.3. The quantitative estimate of drug-likeness (QED) is 0.168. The van der Waals surface area contributed by atoms with Crippen molar-refractivity contribution in [1.82, 2.24) is 0 Å². The summed E-state index contributed by atoms with van der Waals surface area (Å²) in [5.74, 6) is 0. The van der Waals surface area contributed by atoms with Crippen molar-refractivity contribution in [3.05, 3.63) is 247 Å². The van der Waals surface area contributed by atoms with Gasteiger partial charge in [-0.2, -0.15) is 0 Å². The summed E-state index contributed by atoms with van der Waals surface area (Å²) in [4.78, 5) is 2.37. The molecule has 1 heterocycles. The lowest BCUT2D eigenvalue weighted by atomic mass is 9.67. The van der Waals surface area contributed by atoms with E-state index in [0.717, 1.165) is 44.4 Å². The summed E-state index contributed by atoms with van der Waals surface area (Å²) in [7, 11) is 0. The maximum Gasteiger partial charge on any atom is 0.143 e. The SMILES string of the molecule is c1ccc(N(c2ccc3c(c2)C(c2ccccc2)(c2ccccc2)c2ccccc2-3)c2ccc3c(c2)oc2c4ccccc4c(-c4ccc5ccccc5c4)cc32)cc1. The first-order valence-corrected chi connectivity index (χ1v) is 20.3. The largest absolute Gasteiger partial charge is 0.455 e. The van der Waals surface area contributed by atoms with E-state index in [4.69, 9.17) is 4.42 Å². The minimum absolute atomic E-state index is 0.501.